The maximum absolute atomic E-state index is 13.2. The van der Waals surface area contributed by atoms with Crippen LogP contribution in [-0.4, -0.2) is 40.1 Å². The molecule has 2 aliphatic rings. The third-order valence-electron chi connectivity index (χ3n) is 5.83. The summed E-state index contributed by atoms with van der Waals surface area (Å²) < 4.78 is 13.4. The Morgan fingerprint density at radius 2 is 2.11 bits per heavy atom. The summed E-state index contributed by atoms with van der Waals surface area (Å²) in [7, 11) is 1.89. The van der Waals surface area contributed by atoms with Crippen molar-refractivity contribution >= 4 is 28.4 Å². The lowest BCUT2D eigenvalue weighted by Gasteiger charge is -2.25. The number of para-hydroxylation sites is 1. The molecule has 0 saturated carbocycles. The van der Waals surface area contributed by atoms with Crippen LogP contribution in [0.4, 0.5) is 0 Å². The van der Waals surface area contributed by atoms with Gasteiger partial charge in [-0.25, -0.2) is 4.98 Å². The van der Waals surface area contributed by atoms with Crippen LogP contribution in [0, 0.1) is 0 Å². The highest BCUT2D eigenvalue weighted by atomic mass is 35.5. The van der Waals surface area contributed by atoms with E-state index in [9.17, 15) is 4.79 Å². The number of benzene rings is 1. The lowest BCUT2D eigenvalue weighted by Crippen LogP contribution is -2.36. The van der Waals surface area contributed by atoms with Crippen LogP contribution in [0.25, 0.3) is 10.9 Å². The minimum absolute atomic E-state index is 0.00367. The van der Waals surface area contributed by atoms with Crippen molar-refractivity contribution in [2.45, 2.75) is 31.7 Å². The molecule has 0 atom stereocenters. The Morgan fingerprint density at radius 1 is 1.29 bits per heavy atom. The number of rotatable bonds is 2. The van der Waals surface area contributed by atoms with E-state index >= 15 is 0 Å². The number of ether oxygens (including phenoxy) is 1. The number of nitrogens with zero attached hydrogens (tertiary/aromatic N) is 3. The zero-order valence-electron chi connectivity index (χ0n) is 15.8. The lowest BCUT2D eigenvalue weighted by atomic mass is 10.0. The zero-order valence-corrected chi connectivity index (χ0v) is 16.5. The molecule has 5 rings (SSSR count). The predicted octanol–water partition coefficient (Wildman–Crippen LogP) is 3.91. The fourth-order valence-electron chi connectivity index (χ4n) is 4.25. The molecule has 3 aromatic rings. The highest BCUT2D eigenvalue weighted by Crippen LogP contribution is 2.31. The van der Waals surface area contributed by atoms with Crippen LogP contribution in [0.5, 0.6) is 0 Å². The monoisotopic (exact) mass is 399 g/mol. The SMILES string of the molecule is Cn1c(C(=O)N2CCc3oc(C4CCOCC4)nc3C2)cc2cccc(Cl)c21. The first-order chi connectivity index (χ1) is 13.6. The van der Waals surface area contributed by atoms with Gasteiger partial charge in [0.05, 0.1) is 17.1 Å². The van der Waals surface area contributed by atoms with Gasteiger partial charge < -0.3 is 18.6 Å². The van der Waals surface area contributed by atoms with Crippen molar-refractivity contribution in [3.05, 3.63) is 52.3 Å². The smallest absolute Gasteiger partial charge is 0.270 e. The van der Waals surface area contributed by atoms with E-state index in [0.29, 0.717) is 36.1 Å². The van der Waals surface area contributed by atoms with Crippen molar-refractivity contribution in [2.24, 2.45) is 7.05 Å². The fourth-order valence-corrected chi connectivity index (χ4v) is 4.55. The average Bonchev–Trinajstić information content (AvgIpc) is 3.29. The topological polar surface area (TPSA) is 60.5 Å². The van der Waals surface area contributed by atoms with Crippen LogP contribution in [0.15, 0.2) is 28.7 Å². The third kappa shape index (κ3) is 2.91. The molecular weight excluding hydrogens is 378 g/mol. The van der Waals surface area contributed by atoms with Crippen molar-refractivity contribution in [1.82, 2.24) is 14.5 Å². The van der Waals surface area contributed by atoms with Gasteiger partial charge in [-0.2, -0.15) is 0 Å². The highest BCUT2D eigenvalue weighted by Gasteiger charge is 2.30. The number of hydrogen-bond acceptors (Lipinski definition) is 4. The van der Waals surface area contributed by atoms with Crippen molar-refractivity contribution in [3.63, 3.8) is 0 Å². The van der Waals surface area contributed by atoms with Crippen molar-refractivity contribution in [3.8, 4) is 0 Å². The summed E-state index contributed by atoms with van der Waals surface area (Å²) in [6.07, 6.45) is 2.58. The van der Waals surface area contributed by atoms with E-state index in [-0.39, 0.29) is 5.91 Å². The molecule has 1 saturated heterocycles. The molecule has 2 aliphatic heterocycles. The number of aryl methyl sites for hydroxylation is 1. The maximum Gasteiger partial charge on any atom is 0.270 e. The Labute approximate surface area is 168 Å². The second kappa shape index (κ2) is 6.94. The van der Waals surface area contributed by atoms with E-state index in [1.807, 2.05) is 40.8 Å². The van der Waals surface area contributed by atoms with Gasteiger partial charge in [-0.1, -0.05) is 23.7 Å². The second-order valence-electron chi connectivity index (χ2n) is 7.55. The number of halogens is 1. The van der Waals surface area contributed by atoms with Gasteiger partial charge in [-0.3, -0.25) is 4.79 Å². The fraction of sp³-hybridized carbons (Fsp3) is 0.429. The molecule has 28 heavy (non-hydrogen) atoms. The number of aromatic nitrogens is 2. The maximum atomic E-state index is 13.2. The first-order valence-corrected chi connectivity index (χ1v) is 10.1. The molecule has 1 amide bonds. The molecule has 2 aromatic heterocycles. The molecule has 1 fully saturated rings. The molecular formula is C21H22ClN3O3. The van der Waals surface area contributed by atoms with Crippen LogP contribution in [0.2, 0.25) is 5.02 Å². The van der Waals surface area contributed by atoms with E-state index in [2.05, 4.69) is 0 Å². The van der Waals surface area contributed by atoms with E-state index in [4.69, 9.17) is 25.7 Å². The summed E-state index contributed by atoms with van der Waals surface area (Å²) in [5.74, 6) is 2.05. The van der Waals surface area contributed by atoms with Gasteiger partial charge in [-0.05, 0) is 25.0 Å². The van der Waals surface area contributed by atoms with Crippen molar-refractivity contribution < 1.29 is 13.9 Å². The highest BCUT2D eigenvalue weighted by molar-refractivity contribution is 6.35. The largest absolute Gasteiger partial charge is 0.445 e. The molecule has 6 nitrogen and oxygen atoms in total. The van der Waals surface area contributed by atoms with Crippen molar-refractivity contribution in [2.75, 3.05) is 19.8 Å². The number of carbonyl (C=O) groups excluding carboxylic acids is 1. The standard InChI is InChI=1S/C21H22ClN3O3/c1-24-17(11-14-3-2-4-15(22)19(14)24)21(26)25-8-5-18-16(12-25)23-20(28-18)13-6-9-27-10-7-13/h2-4,11,13H,5-10,12H2,1H3. The average molecular weight is 400 g/mol. The van der Waals surface area contributed by atoms with Crippen molar-refractivity contribution in [1.29, 1.82) is 0 Å². The number of fused-ring (bicyclic) bond motifs is 2. The van der Waals surface area contributed by atoms with Crippen LogP contribution in [-0.2, 0) is 24.8 Å². The Balaban J connectivity index is 1.40. The van der Waals surface area contributed by atoms with Crippen LogP contribution in [0.3, 0.4) is 0 Å². The zero-order chi connectivity index (χ0) is 19.3. The molecule has 0 aliphatic carbocycles. The number of hydrogen-bond donors (Lipinski definition) is 0. The molecule has 4 heterocycles. The molecule has 0 radical (unpaired) electrons. The summed E-state index contributed by atoms with van der Waals surface area (Å²) in [5, 5.41) is 1.62. The van der Waals surface area contributed by atoms with Gasteiger partial charge in [-0.15, -0.1) is 0 Å². The summed E-state index contributed by atoms with van der Waals surface area (Å²) in [6.45, 7) is 2.62. The van der Waals surface area contributed by atoms with Gasteiger partial charge in [0.15, 0.2) is 5.89 Å². The van der Waals surface area contributed by atoms with Gasteiger partial charge in [0.2, 0.25) is 0 Å². The van der Waals surface area contributed by atoms with E-state index in [1.54, 1.807) is 0 Å². The first kappa shape index (κ1) is 17.8. The molecule has 0 unspecified atom stereocenters. The van der Waals surface area contributed by atoms with E-state index < -0.39 is 0 Å². The van der Waals surface area contributed by atoms with Crippen LogP contribution in [0.1, 0.15) is 46.6 Å². The first-order valence-electron chi connectivity index (χ1n) is 9.71. The van der Waals surface area contributed by atoms with Gasteiger partial charge >= 0.3 is 0 Å². The summed E-state index contributed by atoms with van der Waals surface area (Å²) in [6, 6.07) is 7.64. The van der Waals surface area contributed by atoms with Crippen LogP contribution < -0.4 is 0 Å². The summed E-state index contributed by atoms with van der Waals surface area (Å²) >= 11 is 6.33. The number of amides is 1. The number of carbonyl (C=O) groups is 1. The molecule has 0 spiro atoms. The Hall–Kier alpha value is -2.31. The molecule has 146 valence electrons. The predicted molar refractivity (Wildman–Crippen MR) is 106 cm³/mol. The Kier molecular flexibility index (Phi) is 4.40. The van der Waals surface area contributed by atoms with Crippen LogP contribution >= 0.6 is 11.6 Å². The molecule has 0 N–H and O–H groups in total. The van der Waals surface area contributed by atoms with E-state index in [0.717, 1.165) is 54.3 Å². The third-order valence-corrected chi connectivity index (χ3v) is 6.13. The second-order valence-corrected chi connectivity index (χ2v) is 7.96. The molecule has 7 heteroatoms. The molecule has 1 aromatic carbocycles. The Bertz CT molecular complexity index is 1050. The lowest BCUT2D eigenvalue weighted by molar-refractivity contribution is 0.0717. The quantitative estimate of drug-likeness (QED) is 0.655. The Morgan fingerprint density at radius 3 is 2.89 bits per heavy atom. The van der Waals surface area contributed by atoms with Gasteiger partial charge in [0.1, 0.15) is 17.1 Å². The van der Waals surface area contributed by atoms with Gasteiger partial charge in [0, 0.05) is 44.5 Å². The minimum Gasteiger partial charge on any atom is -0.445 e. The van der Waals surface area contributed by atoms with Gasteiger partial charge in [0.25, 0.3) is 5.91 Å². The normalized spacial score (nSPS) is 17.9. The molecule has 0 bridgehead atoms. The number of oxazole rings is 1. The minimum atomic E-state index is -0.00367. The summed E-state index contributed by atoms with van der Waals surface area (Å²) in [5.41, 5.74) is 2.41. The van der Waals surface area contributed by atoms with E-state index in [1.165, 1.54) is 0 Å². The summed E-state index contributed by atoms with van der Waals surface area (Å²) in [4.78, 5) is 19.8.